The van der Waals surface area contributed by atoms with Gasteiger partial charge in [0.1, 0.15) is 35.2 Å². The average molecular weight is 756 g/mol. The van der Waals surface area contributed by atoms with Crippen molar-refractivity contribution in [2.75, 3.05) is 0 Å². The number of aromatic amines is 1. The summed E-state index contributed by atoms with van der Waals surface area (Å²) in [7, 11) is 0. The molecular weight excluding hydrogens is 703 g/mol. The lowest BCUT2D eigenvalue weighted by Gasteiger charge is -2.36. The highest BCUT2D eigenvalue weighted by molar-refractivity contribution is 7.10. The molecule has 54 heavy (non-hydrogen) atoms. The molecule has 4 heterocycles. The Balaban J connectivity index is 1.35. The number of esters is 2. The van der Waals surface area contributed by atoms with E-state index in [0.717, 1.165) is 6.42 Å². The topological polar surface area (TPSA) is 147 Å². The maximum Gasteiger partial charge on any atom is 0.358 e. The zero-order chi connectivity index (χ0) is 38.9. The van der Waals surface area contributed by atoms with E-state index in [1.807, 2.05) is 96.2 Å². The molecule has 3 aliphatic rings. The van der Waals surface area contributed by atoms with Crippen LogP contribution in [-0.4, -0.2) is 73.7 Å². The third kappa shape index (κ3) is 10.8. The monoisotopic (exact) mass is 755 g/mol. The van der Waals surface area contributed by atoms with E-state index in [0.29, 0.717) is 35.5 Å². The number of carbonyl (C=O) groups excluding carboxylic acids is 2. The van der Waals surface area contributed by atoms with Crippen molar-refractivity contribution >= 4 is 35.4 Å². The summed E-state index contributed by atoms with van der Waals surface area (Å²) < 4.78 is 17.8. The molecule has 10 nitrogen and oxygen atoms in total. The van der Waals surface area contributed by atoms with Crippen molar-refractivity contribution < 1.29 is 34.0 Å². The highest BCUT2D eigenvalue weighted by atomic mass is 32.1. The molecule has 1 saturated heterocycles. The third-order valence-corrected chi connectivity index (χ3v) is 11.0. The number of cyclic esters (lactones) is 2. The van der Waals surface area contributed by atoms with Crippen LogP contribution in [0.2, 0.25) is 0 Å². The molecule has 5 rings (SSSR count). The predicted molar refractivity (Wildman–Crippen MR) is 212 cm³/mol. The first kappa shape index (κ1) is 40.8. The molecule has 4 bridgehead atoms. The molecule has 2 aromatic heterocycles. The van der Waals surface area contributed by atoms with Crippen LogP contribution < -0.4 is 0 Å². The highest BCUT2D eigenvalue weighted by Crippen LogP contribution is 2.41. The number of aliphatic hydroxyl groups is 2. The summed E-state index contributed by atoms with van der Waals surface area (Å²) in [5, 5.41) is 24.2. The summed E-state index contributed by atoms with van der Waals surface area (Å²) in [6.07, 6.45) is 30.5. The fraction of sp³-hybridized carbons (Fsp3) is 0.442. The zero-order valence-electron chi connectivity index (χ0n) is 31.9. The Morgan fingerprint density at radius 2 is 1.35 bits per heavy atom. The van der Waals surface area contributed by atoms with Crippen LogP contribution in [0.25, 0.3) is 12.2 Å². The molecule has 11 heteroatoms. The number of rotatable bonds is 6. The van der Waals surface area contributed by atoms with Crippen LogP contribution in [0.4, 0.5) is 0 Å². The van der Waals surface area contributed by atoms with Gasteiger partial charge in [-0.05, 0) is 44.3 Å². The number of carbonyl (C=O) groups is 2. The van der Waals surface area contributed by atoms with Crippen molar-refractivity contribution in [3.8, 4) is 0 Å². The number of fused-ring (bicyclic) bond motifs is 6. The molecule has 0 amide bonds. The minimum Gasteiger partial charge on any atom is -0.457 e. The van der Waals surface area contributed by atoms with Crippen LogP contribution in [0.5, 0.6) is 0 Å². The minimum atomic E-state index is -0.840. The van der Waals surface area contributed by atoms with Crippen molar-refractivity contribution in [1.82, 2.24) is 15.0 Å². The number of epoxide rings is 1. The molecule has 0 spiro atoms. The lowest BCUT2D eigenvalue weighted by atomic mass is 9.79. The average Bonchev–Trinajstić information content (AvgIpc) is 3.93. The Bertz CT molecular complexity index is 1710. The van der Waals surface area contributed by atoms with Gasteiger partial charge in [-0.2, -0.15) is 0 Å². The molecule has 288 valence electrons. The molecule has 2 aliphatic heterocycles. The number of H-pyrrole nitrogens is 1. The van der Waals surface area contributed by atoms with Crippen molar-refractivity contribution in [2.24, 2.45) is 22.7 Å². The molecule has 2 aromatic rings. The molecule has 2 fully saturated rings. The van der Waals surface area contributed by atoms with E-state index < -0.39 is 47.2 Å². The van der Waals surface area contributed by atoms with Crippen LogP contribution in [0, 0.1) is 22.7 Å². The maximum atomic E-state index is 13.3. The number of aliphatic hydroxyl groups excluding tert-OH is 2. The van der Waals surface area contributed by atoms with Crippen molar-refractivity contribution in [1.29, 1.82) is 0 Å². The van der Waals surface area contributed by atoms with Gasteiger partial charge < -0.3 is 29.4 Å². The Hall–Kier alpha value is -4.42. The number of imidazole rings is 1. The van der Waals surface area contributed by atoms with Crippen LogP contribution in [0.3, 0.4) is 0 Å². The van der Waals surface area contributed by atoms with Crippen molar-refractivity contribution in [3.05, 3.63) is 119 Å². The smallest absolute Gasteiger partial charge is 0.358 e. The molecule has 1 saturated carbocycles. The fourth-order valence-electron chi connectivity index (χ4n) is 6.12. The summed E-state index contributed by atoms with van der Waals surface area (Å²) in [5.74, 6) is 0.141. The number of ether oxygens (including phenoxy) is 3. The Labute approximate surface area is 322 Å². The SMILES string of the molecule is C/C=C/[C@H](O)C(C)(C)[C@@H]1C/C=C\[C@H]2O[C@H]2/C=C/C=C\c2nc(cs2)C(=O)O[C@H](C(C)(C)[C@@H](O)/C=C/C)C/C=C\[C@H]2C[C@H]2/C=C/C=C\c2nc(c[nH]2)C(=O)O1. The van der Waals surface area contributed by atoms with Gasteiger partial charge in [0.25, 0.3) is 0 Å². The quantitative estimate of drug-likeness (QED) is 0.152. The number of nitrogens with zero attached hydrogens (tertiary/aromatic N) is 2. The van der Waals surface area contributed by atoms with E-state index in [-0.39, 0.29) is 23.6 Å². The van der Waals surface area contributed by atoms with Crippen LogP contribution >= 0.6 is 11.3 Å². The predicted octanol–water partition coefficient (Wildman–Crippen LogP) is 7.99. The van der Waals surface area contributed by atoms with E-state index in [1.165, 1.54) is 17.5 Å². The zero-order valence-corrected chi connectivity index (χ0v) is 32.7. The van der Waals surface area contributed by atoms with Gasteiger partial charge in [-0.3, -0.25) is 0 Å². The van der Waals surface area contributed by atoms with E-state index in [1.54, 1.807) is 35.8 Å². The molecule has 0 radical (unpaired) electrons. The maximum absolute atomic E-state index is 13.3. The molecule has 3 N–H and O–H groups in total. The first-order valence-corrected chi connectivity index (χ1v) is 19.4. The summed E-state index contributed by atoms with van der Waals surface area (Å²) >= 11 is 1.34. The van der Waals surface area contributed by atoms with Gasteiger partial charge in [0, 0.05) is 35.2 Å². The molecule has 8 atom stereocenters. The number of allylic oxidation sites excluding steroid dienone is 8. The lowest BCUT2D eigenvalue weighted by Crippen LogP contribution is -2.42. The number of hydrogen-bond donors (Lipinski definition) is 3. The third-order valence-electron chi connectivity index (χ3n) is 10.2. The molecule has 0 unspecified atom stereocenters. The number of thiazole rings is 1. The summed E-state index contributed by atoms with van der Waals surface area (Å²) in [6, 6.07) is 0. The van der Waals surface area contributed by atoms with Gasteiger partial charge in [-0.25, -0.2) is 19.6 Å². The van der Waals surface area contributed by atoms with Crippen LogP contribution in [-0.2, 0) is 14.2 Å². The van der Waals surface area contributed by atoms with Gasteiger partial charge >= 0.3 is 11.9 Å². The van der Waals surface area contributed by atoms with Gasteiger partial charge in [0.05, 0.1) is 12.2 Å². The van der Waals surface area contributed by atoms with Crippen LogP contribution in [0.1, 0.15) is 92.6 Å². The largest absolute Gasteiger partial charge is 0.457 e. The summed E-state index contributed by atoms with van der Waals surface area (Å²) in [5.41, 5.74) is -1.17. The standard InChI is InChI=1S/C43H53N3O7S/c1-7-15-34(47)42(3,4)36-21-13-18-29-25-28(29)17-9-11-23-38-44-26-30(45-38)40(49)52-37(43(5,6)35(48)16-8-2)22-14-20-33-32(51-33)19-10-12-24-39-46-31(27-54-39)41(50)53-36/h7-20,23-24,26-29,32-37,47-48H,21-22,25H2,1-6H3,(H,44,45)/b15-7+,16-8+,17-9+,18-13-,19-10+,20-14-,23-11-,24-12-/t28-,29+,32+,33-,34+,35+,36+,37+/m1/s1. The minimum absolute atomic E-state index is 0.112. The second-order valence-electron chi connectivity index (χ2n) is 15.1. The van der Waals surface area contributed by atoms with Gasteiger partial charge in [0.15, 0.2) is 11.4 Å². The van der Waals surface area contributed by atoms with E-state index in [9.17, 15) is 19.8 Å². The fourth-order valence-corrected chi connectivity index (χ4v) is 6.80. The van der Waals surface area contributed by atoms with Crippen LogP contribution in [0.15, 0.2) is 96.6 Å². The Kier molecular flexibility index (Phi) is 13.8. The van der Waals surface area contributed by atoms with E-state index in [2.05, 4.69) is 27.1 Å². The van der Waals surface area contributed by atoms with Gasteiger partial charge in [-0.15, -0.1) is 11.3 Å². The van der Waals surface area contributed by atoms with Gasteiger partial charge in [0.2, 0.25) is 0 Å². The van der Waals surface area contributed by atoms with Crippen molar-refractivity contribution in [3.63, 3.8) is 0 Å². The Morgan fingerprint density at radius 3 is 2.02 bits per heavy atom. The normalized spacial score (nSPS) is 30.5. The molecule has 1 aliphatic carbocycles. The second kappa shape index (κ2) is 18.3. The number of aromatic nitrogens is 3. The molecular formula is C43H53N3O7S. The lowest BCUT2D eigenvalue weighted by molar-refractivity contribution is -0.0461. The number of nitrogens with one attached hydrogen (secondary N) is 1. The summed E-state index contributed by atoms with van der Waals surface area (Å²) in [6.45, 7) is 11.2. The van der Waals surface area contributed by atoms with E-state index >= 15 is 0 Å². The van der Waals surface area contributed by atoms with Gasteiger partial charge in [-0.1, -0.05) is 113 Å². The summed E-state index contributed by atoms with van der Waals surface area (Å²) in [4.78, 5) is 38.5. The second-order valence-corrected chi connectivity index (χ2v) is 15.9. The highest BCUT2D eigenvalue weighted by Gasteiger charge is 2.40. The van der Waals surface area contributed by atoms with E-state index in [4.69, 9.17) is 14.2 Å². The first-order chi connectivity index (χ1) is 25.8. The number of hydrogen-bond acceptors (Lipinski definition) is 10. The van der Waals surface area contributed by atoms with Crippen molar-refractivity contribution in [2.45, 2.75) is 97.4 Å². The molecule has 0 aromatic carbocycles. The first-order valence-electron chi connectivity index (χ1n) is 18.6. The Morgan fingerprint density at radius 1 is 0.778 bits per heavy atom.